The molecular formula is C23H18N2O. The Hall–Kier alpha value is -3.59. The summed E-state index contributed by atoms with van der Waals surface area (Å²) in [7, 11) is 0. The molecule has 0 fully saturated rings. The highest BCUT2D eigenvalue weighted by atomic mass is 16.1. The molecule has 2 N–H and O–H groups in total. The number of nitrogens with two attached hydrogens (primary N) is 1. The Morgan fingerprint density at radius 3 is 1.73 bits per heavy atom. The molecule has 0 aliphatic carbocycles. The van der Waals surface area contributed by atoms with Crippen LogP contribution in [0.3, 0.4) is 0 Å². The normalized spacial score (nSPS) is 10.6. The highest BCUT2D eigenvalue weighted by Gasteiger charge is 2.21. The van der Waals surface area contributed by atoms with E-state index in [1.165, 1.54) is 0 Å². The van der Waals surface area contributed by atoms with Gasteiger partial charge in [0, 0.05) is 11.3 Å². The maximum absolute atomic E-state index is 12.2. The van der Waals surface area contributed by atoms with E-state index in [2.05, 4.69) is 0 Å². The van der Waals surface area contributed by atoms with E-state index in [9.17, 15) is 4.79 Å². The second-order valence-corrected chi connectivity index (χ2v) is 6.06. The summed E-state index contributed by atoms with van der Waals surface area (Å²) in [6.07, 6.45) is 0. The largest absolute Gasteiger partial charge is 0.364 e. The van der Waals surface area contributed by atoms with Gasteiger partial charge in [-0.05, 0) is 29.3 Å². The minimum absolute atomic E-state index is 0.451. The summed E-state index contributed by atoms with van der Waals surface area (Å²) in [5.74, 6) is -0.451. The number of hydrogen-bond acceptors (Lipinski definition) is 1. The van der Waals surface area contributed by atoms with Crippen molar-refractivity contribution in [3.8, 4) is 28.1 Å². The Bertz CT molecular complexity index is 1040. The molecule has 0 unspecified atom stereocenters. The van der Waals surface area contributed by atoms with Crippen LogP contribution in [0.4, 0.5) is 0 Å². The number of carbonyl (C=O) groups excluding carboxylic acids is 1. The quantitative estimate of drug-likeness (QED) is 0.565. The maximum Gasteiger partial charge on any atom is 0.265 e. The number of aromatic nitrogens is 1. The van der Waals surface area contributed by atoms with E-state index >= 15 is 0 Å². The number of para-hydroxylation sites is 1. The molecule has 3 heteroatoms. The number of carbonyl (C=O) groups is 1. The Kier molecular flexibility index (Phi) is 4.12. The topological polar surface area (TPSA) is 48.0 Å². The molecule has 0 aliphatic rings. The van der Waals surface area contributed by atoms with E-state index in [0.29, 0.717) is 5.69 Å². The molecule has 0 atom stereocenters. The SMILES string of the molecule is NC(=O)c1cc(-c2ccccc2)c(-c2ccccc2)n1-c1ccccc1. The van der Waals surface area contributed by atoms with E-state index < -0.39 is 5.91 Å². The third-order valence-corrected chi connectivity index (χ3v) is 4.40. The fourth-order valence-electron chi connectivity index (χ4n) is 3.26. The van der Waals surface area contributed by atoms with Gasteiger partial charge in [0.05, 0.1) is 5.69 Å². The summed E-state index contributed by atoms with van der Waals surface area (Å²) in [6, 6.07) is 31.8. The van der Waals surface area contributed by atoms with Gasteiger partial charge in [-0.15, -0.1) is 0 Å². The summed E-state index contributed by atoms with van der Waals surface area (Å²) in [6.45, 7) is 0. The van der Waals surface area contributed by atoms with E-state index in [-0.39, 0.29) is 0 Å². The first-order valence-corrected chi connectivity index (χ1v) is 8.47. The van der Waals surface area contributed by atoms with Crippen LogP contribution in [0.15, 0.2) is 97.1 Å². The monoisotopic (exact) mass is 338 g/mol. The van der Waals surface area contributed by atoms with Crippen LogP contribution in [0.1, 0.15) is 10.5 Å². The average molecular weight is 338 g/mol. The molecule has 0 saturated heterocycles. The van der Waals surface area contributed by atoms with E-state index in [4.69, 9.17) is 5.73 Å². The lowest BCUT2D eigenvalue weighted by atomic mass is 10.0. The van der Waals surface area contributed by atoms with Crippen molar-refractivity contribution in [2.45, 2.75) is 0 Å². The van der Waals surface area contributed by atoms with Crippen LogP contribution >= 0.6 is 0 Å². The fraction of sp³-hybridized carbons (Fsp3) is 0. The second kappa shape index (κ2) is 6.73. The highest BCUT2D eigenvalue weighted by Crippen LogP contribution is 2.37. The van der Waals surface area contributed by atoms with E-state index in [0.717, 1.165) is 28.1 Å². The summed E-state index contributed by atoms with van der Waals surface area (Å²) in [5, 5.41) is 0. The Labute approximate surface area is 152 Å². The molecule has 0 saturated carbocycles. The molecule has 126 valence electrons. The van der Waals surface area contributed by atoms with Gasteiger partial charge < -0.3 is 10.3 Å². The van der Waals surface area contributed by atoms with Crippen molar-refractivity contribution in [3.05, 3.63) is 103 Å². The second-order valence-electron chi connectivity index (χ2n) is 6.06. The van der Waals surface area contributed by atoms with Gasteiger partial charge in [-0.2, -0.15) is 0 Å². The molecule has 26 heavy (non-hydrogen) atoms. The first kappa shape index (κ1) is 15.9. The Morgan fingerprint density at radius 1 is 0.692 bits per heavy atom. The highest BCUT2D eigenvalue weighted by molar-refractivity contribution is 5.98. The minimum atomic E-state index is -0.451. The molecule has 0 spiro atoms. The predicted octanol–water partition coefficient (Wildman–Crippen LogP) is 4.91. The summed E-state index contributed by atoms with van der Waals surface area (Å²) in [5.41, 5.74) is 11.1. The van der Waals surface area contributed by atoms with Crippen molar-refractivity contribution in [2.24, 2.45) is 5.73 Å². The van der Waals surface area contributed by atoms with Gasteiger partial charge in [-0.25, -0.2) is 0 Å². The van der Waals surface area contributed by atoms with Crippen molar-refractivity contribution in [2.75, 3.05) is 0 Å². The third kappa shape index (κ3) is 2.80. The third-order valence-electron chi connectivity index (χ3n) is 4.40. The van der Waals surface area contributed by atoms with E-state index in [1.807, 2.05) is 102 Å². The van der Waals surface area contributed by atoms with Crippen LogP contribution in [0.2, 0.25) is 0 Å². The molecule has 1 aromatic heterocycles. The average Bonchev–Trinajstić information content (AvgIpc) is 3.11. The van der Waals surface area contributed by atoms with Crippen molar-refractivity contribution in [1.29, 1.82) is 0 Å². The smallest absolute Gasteiger partial charge is 0.265 e. The molecule has 4 rings (SSSR count). The maximum atomic E-state index is 12.2. The van der Waals surface area contributed by atoms with Gasteiger partial charge in [0.1, 0.15) is 5.69 Å². The number of nitrogens with zero attached hydrogens (tertiary/aromatic N) is 1. The lowest BCUT2D eigenvalue weighted by molar-refractivity contribution is 0.0994. The predicted molar refractivity (Wildman–Crippen MR) is 105 cm³/mol. The Morgan fingerprint density at radius 2 is 1.19 bits per heavy atom. The molecule has 0 aliphatic heterocycles. The van der Waals surface area contributed by atoms with Gasteiger partial charge >= 0.3 is 0 Å². The number of benzene rings is 3. The molecule has 3 aromatic carbocycles. The van der Waals surface area contributed by atoms with Crippen LogP contribution in [-0.2, 0) is 0 Å². The number of hydrogen-bond donors (Lipinski definition) is 1. The van der Waals surface area contributed by atoms with Crippen molar-refractivity contribution >= 4 is 5.91 Å². The first-order chi connectivity index (χ1) is 12.8. The lowest BCUT2D eigenvalue weighted by Crippen LogP contribution is -2.16. The van der Waals surface area contributed by atoms with E-state index in [1.54, 1.807) is 0 Å². The zero-order valence-corrected chi connectivity index (χ0v) is 14.2. The zero-order valence-electron chi connectivity index (χ0n) is 14.2. The van der Waals surface area contributed by atoms with Gasteiger partial charge in [-0.1, -0.05) is 78.9 Å². The zero-order chi connectivity index (χ0) is 17.9. The number of amides is 1. The fourth-order valence-corrected chi connectivity index (χ4v) is 3.26. The van der Waals surface area contributed by atoms with Crippen LogP contribution in [0.5, 0.6) is 0 Å². The Balaban J connectivity index is 2.09. The molecular weight excluding hydrogens is 320 g/mol. The summed E-state index contributed by atoms with van der Waals surface area (Å²) in [4.78, 5) is 12.2. The number of primary amides is 1. The van der Waals surface area contributed by atoms with Crippen molar-refractivity contribution in [3.63, 3.8) is 0 Å². The van der Waals surface area contributed by atoms with Crippen LogP contribution in [0.25, 0.3) is 28.1 Å². The lowest BCUT2D eigenvalue weighted by Gasteiger charge is -2.14. The molecule has 0 radical (unpaired) electrons. The first-order valence-electron chi connectivity index (χ1n) is 8.47. The standard InChI is InChI=1S/C23H18N2O/c24-23(26)21-16-20(17-10-4-1-5-11-17)22(18-12-6-2-7-13-18)25(21)19-14-8-3-9-15-19/h1-16H,(H2,24,26). The van der Waals surface area contributed by atoms with Crippen molar-refractivity contribution < 1.29 is 4.79 Å². The van der Waals surface area contributed by atoms with Gasteiger partial charge in [-0.3, -0.25) is 4.79 Å². The minimum Gasteiger partial charge on any atom is -0.364 e. The van der Waals surface area contributed by atoms with Gasteiger partial charge in [0.15, 0.2) is 0 Å². The van der Waals surface area contributed by atoms with Crippen LogP contribution in [0, 0.1) is 0 Å². The van der Waals surface area contributed by atoms with Gasteiger partial charge in [0.25, 0.3) is 5.91 Å². The van der Waals surface area contributed by atoms with Crippen LogP contribution < -0.4 is 5.73 Å². The van der Waals surface area contributed by atoms with Crippen molar-refractivity contribution in [1.82, 2.24) is 4.57 Å². The molecule has 0 bridgehead atoms. The molecule has 4 aromatic rings. The summed E-state index contributed by atoms with van der Waals surface area (Å²) >= 11 is 0. The van der Waals surface area contributed by atoms with Gasteiger partial charge in [0.2, 0.25) is 0 Å². The number of rotatable bonds is 4. The molecule has 1 amide bonds. The molecule has 3 nitrogen and oxygen atoms in total. The summed E-state index contributed by atoms with van der Waals surface area (Å²) < 4.78 is 1.94. The molecule has 1 heterocycles. The van der Waals surface area contributed by atoms with Crippen LogP contribution in [-0.4, -0.2) is 10.5 Å².